The second-order valence-electron chi connectivity index (χ2n) is 6.11. The molecule has 2 rings (SSSR count). The summed E-state index contributed by atoms with van der Waals surface area (Å²) in [5, 5.41) is 2.64. The fourth-order valence-electron chi connectivity index (χ4n) is 2.97. The fourth-order valence-corrected chi connectivity index (χ4v) is 2.97. The number of nitrogens with one attached hydrogen (secondary N) is 1. The number of amides is 1. The average molecular weight is 343 g/mol. The summed E-state index contributed by atoms with van der Waals surface area (Å²) in [7, 11) is 1.62. The molecule has 0 aromatic heterocycles. The van der Waals surface area contributed by atoms with E-state index in [2.05, 4.69) is 12.2 Å². The van der Waals surface area contributed by atoms with E-state index in [9.17, 15) is 9.18 Å². The zero-order chi connectivity index (χ0) is 18.4. The van der Waals surface area contributed by atoms with Gasteiger partial charge in [-0.25, -0.2) is 4.39 Å². The van der Waals surface area contributed by atoms with Gasteiger partial charge in [-0.3, -0.25) is 4.79 Å². The minimum atomic E-state index is -0.343. The van der Waals surface area contributed by atoms with Crippen molar-refractivity contribution >= 4 is 5.91 Å². The van der Waals surface area contributed by atoms with Crippen molar-refractivity contribution in [2.45, 2.75) is 46.6 Å². The monoisotopic (exact) mass is 343 g/mol. The Balaban J connectivity index is 2.28. The van der Waals surface area contributed by atoms with Crippen LogP contribution in [0.1, 0.15) is 41.7 Å². The minimum absolute atomic E-state index is 0.0520. The lowest BCUT2D eigenvalue weighted by molar-refractivity contribution is -0.119. The number of benzene rings is 2. The van der Waals surface area contributed by atoms with Gasteiger partial charge in [-0.05, 0) is 59.7 Å². The van der Waals surface area contributed by atoms with Crippen molar-refractivity contribution in [2.75, 3.05) is 7.05 Å². The predicted octanol–water partition coefficient (Wildman–Crippen LogP) is 4.13. The van der Waals surface area contributed by atoms with Crippen molar-refractivity contribution in [1.29, 1.82) is 0 Å². The molecule has 0 saturated heterocycles. The van der Waals surface area contributed by atoms with Crippen molar-refractivity contribution in [3.8, 4) is 5.75 Å². The molecule has 0 fully saturated rings. The van der Waals surface area contributed by atoms with Crippen LogP contribution in [0, 0.1) is 12.7 Å². The summed E-state index contributed by atoms with van der Waals surface area (Å²) < 4.78 is 20.1. The topological polar surface area (TPSA) is 38.3 Å². The van der Waals surface area contributed by atoms with Crippen molar-refractivity contribution in [1.82, 2.24) is 5.32 Å². The van der Waals surface area contributed by atoms with Gasteiger partial charge in [0.05, 0.1) is 6.42 Å². The quantitative estimate of drug-likeness (QED) is 0.821. The van der Waals surface area contributed by atoms with Gasteiger partial charge in [-0.2, -0.15) is 0 Å². The molecule has 4 heteroatoms. The Morgan fingerprint density at radius 3 is 2.44 bits per heavy atom. The fraction of sp³-hybridized carbons (Fsp3) is 0.381. The molecular formula is C21H26FNO2. The first kappa shape index (κ1) is 19.0. The number of carbonyl (C=O) groups is 1. The third kappa shape index (κ3) is 4.59. The summed E-state index contributed by atoms with van der Waals surface area (Å²) in [4.78, 5) is 11.8. The van der Waals surface area contributed by atoms with Gasteiger partial charge in [-0.1, -0.05) is 32.0 Å². The molecule has 1 amide bonds. The molecule has 25 heavy (non-hydrogen) atoms. The maximum Gasteiger partial charge on any atom is 0.224 e. The molecule has 2 aromatic rings. The van der Waals surface area contributed by atoms with Gasteiger partial charge in [0.1, 0.15) is 6.61 Å². The lowest BCUT2D eigenvalue weighted by atomic mass is 9.97. The van der Waals surface area contributed by atoms with Crippen molar-refractivity contribution in [2.24, 2.45) is 0 Å². The Morgan fingerprint density at radius 2 is 1.80 bits per heavy atom. The van der Waals surface area contributed by atoms with Crippen LogP contribution >= 0.6 is 0 Å². The van der Waals surface area contributed by atoms with E-state index in [-0.39, 0.29) is 24.1 Å². The first-order valence-electron chi connectivity index (χ1n) is 8.72. The molecule has 2 aromatic carbocycles. The van der Waals surface area contributed by atoms with Crippen LogP contribution in [-0.4, -0.2) is 13.0 Å². The van der Waals surface area contributed by atoms with Crippen LogP contribution in [0.3, 0.4) is 0 Å². The molecule has 3 nitrogen and oxygen atoms in total. The van der Waals surface area contributed by atoms with E-state index in [1.165, 1.54) is 0 Å². The van der Waals surface area contributed by atoms with E-state index >= 15 is 0 Å². The van der Waals surface area contributed by atoms with Gasteiger partial charge < -0.3 is 10.1 Å². The third-order valence-corrected chi connectivity index (χ3v) is 4.52. The summed E-state index contributed by atoms with van der Waals surface area (Å²) in [5.41, 5.74) is 5.00. The molecule has 0 unspecified atom stereocenters. The Bertz CT molecular complexity index is 756. The van der Waals surface area contributed by atoms with Gasteiger partial charge >= 0.3 is 0 Å². The number of aryl methyl sites for hydroxylation is 3. The first-order chi connectivity index (χ1) is 12.0. The van der Waals surface area contributed by atoms with Gasteiger partial charge in [-0.15, -0.1) is 0 Å². The molecule has 0 radical (unpaired) electrons. The van der Waals surface area contributed by atoms with Crippen LogP contribution in [0.4, 0.5) is 4.39 Å². The number of likely N-dealkylation sites (N-methyl/N-ethyl adjacent to an activating group) is 1. The van der Waals surface area contributed by atoms with Gasteiger partial charge in [0.25, 0.3) is 0 Å². The highest BCUT2D eigenvalue weighted by Crippen LogP contribution is 2.25. The number of ether oxygens (including phenoxy) is 1. The first-order valence-corrected chi connectivity index (χ1v) is 8.72. The second-order valence-corrected chi connectivity index (χ2v) is 6.11. The second kappa shape index (κ2) is 8.65. The zero-order valence-electron chi connectivity index (χ0n) is 15.4. The molecule has 0 spiro atoms. The van der Waals surface area contributed by atoms with Crippen LogP contribution in [0.15, 0.2) is 30.3 Å². The lowest BCUT2D eigenvalue weighted by Crippen LogP contribution is -2.21. The maximum atomic E-state index is 14.3. The minimum Gasteiger partial charge on any atom is -0.486 e. The lowest BCUT2D eigenvalue weighted by Gasteiger charge is -2.16. The Kier molecular flexibility index (Phi) is 6.57. The highest BCUT2D eigenvalue weighted by atomic mass is 19.1. The largest absolute Gasteiger partial charge is 0.486 e. The Morgan fingerprint density at radius 1 is 1.12 bits per heavy atom. The molecule has 0 heterocycles. The summed E-state index contributed by atoms with van der Waals surface area (Å²) in [6.07, 6.45) is 1.91. The van der Waals surface area contributed by atoms with E-state index in [0.717, 1.165) is 40.7 Å². The highest BCUT2D eigenvalue weighted by molar-refractivity contribution is 5.78. The third-order valence-electron chi connectivity index (χ3n) is 4.52. The number of rotatable bonds is 7. The smallest absolute Gasteiger partial charge is 0.224 e. The average Bonchev–Trinajstić information content (AvgIpc) is 2.62. The van der Waals surface area contributed by atoms with Gasteiger partial charge in [0.2, 0.25) is 5.91 Å². The predicted molar refractivity (Wildman–Crippen MR) is 98.4 cm³/mol. The summed E-state index contributed by atoms with van der Waals surface area (Å²) in [6.45, 7) is 6.27. The van der Waals surface area contributed by atoms with Gasteiger partial charge in [0, 0.05) is 7.05 Å². The normalized spacial score (nSPS) is 10.6. The maximum absolute atomic E-state index is 14.3. The number of halogens is 1. The molecule has 0 bridgehead atoms. The van der Waals surface area contributed by atoms with Crippen LogP contribution < -0.4 is 10.1 Å². The molecule has 1 N–H and O–H groups in total. The molecule has 134 valence electrons. The molecule has 0 aliphatic heterocycles. The molecule has 0 aliphatic carbocycles. The molecule has 0 aliphatic rings. The van der Waals surface area contributed by atoms with Crippen LogP contribution in [0.25, 0.3) is 0 Å². The molecule has 0 saturated carbocycles. The van der Waals surface area contributed by atoms with E-state index in [4.69, 9.17) is 4.74 Å². The van der Waals surface area contributed by atoms with Crippen LogP contribution in [0.2, 0.25) is 0 Å². The zero-order valence-corrected chi connectivity index (χ0v) is 15.4. The van der Waals surface area contributed by atoms with Crippen LogP contribution in [-0.2, 0) is 30.7 Å². The molecular weight excluding hydrogens is 317 g/mol. The summed E-state index contributed by atoms with van der Waals surface area (Å²) in [5.74, 6) is -0.139. The van der Waals surface area contributed by atoms with Crippen molar-refractivity contribution < 1.29 is 13.9 Å². The van der Waals surface area contributed by atoms with E-state index < -0.39 is 0 Å². The standard InChI is InChI=1S/C21H26FNO2/c1-5-15-8-7-9-17(12-21(24)23-4)18(15)13-25-20-10-14(3)16(6-2)11-19(20)22/h7-11H,5-6,12-13H2,1-4H3,(H,23,24). The van der Waals surface area contributed by atoms with Crippen LogP contribution in [0.5, 0.6) is 5.75 Å². The highest BCUT2D eigenvalue weighted by Gasteiger charge is 2.13. The Hall–Kier alpha value is -2.36. The molecule has 0 atom stereocenters. The van der Waals surface area contributed by atoms with Gasteiger partial charge in [0.15, 0.2) is 11.6 Å². The number of hydrogen-bond donors (Lipinski definition) is 1. The van der Waals surface area contributed by atoms with Crippen molar-refractivity contribution in [3.05, 3.63) is 64.0 Å². The van der Waals surface area contributed by atoms with E-state index in [1.54, 1.807) is 19.2 Å². The van der Waals surface area contributed by atoms with E-state index in [0.29, 0.717) is 6.42 Å². The van der Waals surface area contributed by atoms with Crippen molar-refractivity contribution in [3.63, 3.8) is 0 Å². The number of carbonyl (C=O) groups excluding carboxylic acids is 1. The number of hydrogen-bond acceptors (Lipinski definition) is 2. The van der Waals surface area contributed by atoms with E-state index in [1.807, 2.05) is 32.0 Å². The summed E-state index contributed by atoms with van der Waals surface area (Å²) in [6, 6.07) is 9.19. The SMILES string of the molecule is CCc1cc(F)c(OCc2c(CC)cccc2CC(=O)NC)cc1C. The Labute approximate surface area is 149 Å². The summed E-state index contributed by atoms with van der Waals surface area (Å²) >= 11 is 0.